The number of fused-ring (bicyclic) bond motifs is 2. The van der Waals surface area contributed by atoms with Gasteiger partial charge in [0.05, 0.1) is 12.5 Å². The number of nitrogens with zero attached hydrogens (tertiary/aromatic N) is 2. The van der Waals surface area contributed by atoms with Crippen LogP contribution in [-0.2, 0) is 36.1 Å². The summed E-state index contributed by atoms with van der Waals surface area (Å²) in [5, 5.41) is 10.6. The minimum atomic E-state index is -0.707. The number of aromatic nitrogens is 1. The van der Waals surface area contributed by atoms with E-state index in [1.165, 1.54) is 22.0 Å². The van der Waals surface area contributed by atoms with Gasteiger partial charge in [0.2, 0.25) is 0 Å². The SMILES string of the molecule is CCC(Cc1cn(C)c2cc3c(cc12)CN(CCOC)C3)C(=O)O. The van der Waals surface area contributed by atoms with Crippen molar-refractivity contribution in [2.45, 2.75) is 32.9 Å². The predicted octanol–water partition coefficient (Wildman–Crippen LogP) is 2.79. The van der Waals surface area contributed by atoms with E-state index in [1.54, 1.807) is 7.11 Å². The molecule has 1 aliphatic rings. The molecule has 1 aromatic carbocycles. The fourth-order valence-electron chi connectivity index (χ4n) is 3.64. The summed E-state index contributed by atoms with van der Waals surface area (Å²) in [7, 11) is 3.77. The first-order valence-electron chi connectivity index (χ1n) is 8.57. The van der Waals surface area contributed by atoms with Crippen molar-refractivity contribution in [2.24, 2.45) is 13.0 Å². The van der Waals surface area contributed by atoms with Crippen LogP contribution in [0.15, 0.2) is 18.3 Å². The summed E-state index contributed by atoms with van der Waals surface area (Å²) in [4.78, 5) is 13.8. The fourth-order valence-corrected chi connectivity index (χ4v) is 3.64. The number of aliphatic carboxylic acids is 1. The van der Waals surface area contributed by atoms with Crippen molar-refractivity contribution in [1.82, 2.24) is 9.47 Å². The summed E-state index contributed by atoms with van der Waals surface area (Å²) in [6.07, 6.45) is 3.34. The van der Waals surface area contributed by atoms with Crippen molar-refractivity contribution in [3.05, 3.63) is 35.0 Å². The van der Waals surface area contributed by atoms with E-state index in [0.29, 0.717) is 12.8 Å². The van der Waals surface area contributed by atoms with Gasteiger partial charge in [0.25, 0.3) is 0 Å². The largest absolute Gasteiger partial charge is 0.481 e. The number of aryl methyl sites for hydroxylation is 1. The van der Waals surface area contributed by atoms with E-state index < -0.39 is 5.97 Å². The maximum atomic E-state index is 11.4. The van der Waals surface area contributed by atoms with Crippen LogP contribution in [0.5, 0.6) is 0 Å². The Labute approximate surface area is 142 Å². The van der Waals surface area contributed by atoms with Gasteiger partial charge in [0.1, 0.15) is 0 Å². The number of benzene rings is 1. The highest BCUT2D eigenvalue weighted by molar-refractivity contribution is 5.86. The van der Waals surface area contributed by atoms with Gasteiger partial charge in [-0.05, 0) is 41.7 Å². The normalized spacial score (nSPS) is 15.8. The molecule has 1 N–H and O–H groups in total. The van der Waals surface area contributed by atoms with Crippen LogP contribution in [0.1, 0.15) is 30.0 Å². The van der Waals surface area contributed by atoms with E-state index in [1.807, 2.05) is 14.0 Å². The van der Waals surface area contributed by atoms with Crippen molar-refractivity contribution in [1.29, 1.82) is 0 Å². The Kier molecular flexibility index (Phi) is 4.92. The Hall–Kier alpha value is -1.85. The smallest absolute Gasteiger partial charge is 0.306 e. The molecule has 5 heteroatoms. The van der Waals surface area contributed by atoms with E-state index in [4.69, 9.17) is 4.74 Å². The van der Waals surface area contributed by atoms with E-state index in [9.17, 15) is 9.90 Å². The zero-order valence-corrected chi connectivity index (χ0v) is 14.7. The second kappa shape index (κ2) is 6.95. The third-order valence-corrected chi connectivity index (χ3v) is 5.10. The van der Waals surface area contributed by atoms with Gasteiger partial charge < -0.3 is 14.4 Å². The number of hydrogen-bond donors (Lipinski definition) is 1. The zero-order valence-electron chi connectivity index (χ0n) is 14.7. The Morgan fingerprint density at radius 3 is 2.67 bits per heavy atom. The molecule has 0 spiro atoms. The molecule has 0 saturated heterocycles. The Bertz CT molecular complexity index is 751. The molecule has 1 unspecified atom stereocenters. The van der Waals surface area contributed by atoms with Crippen molar-refractivity contribution in [3.63, 3.8) is 0 Å². The van der Waals surface area contributed by atoms with Crippen molar-refractivity contribution in [3.8, 4) is 0 Å². The zero-order chi connectivity index (χ0) is 17.3. The molecule has 0 bridgehead atoms. The second-order valence-corrected chi connectivity index (χ2v) is 6.75. The van der Waals surface area contributed by atoms with Gasteiger partial charge in [-0.3, -0.25) is 9.69 Å². The first-order chi connectivity index (χ1) is 11.5. The van der Waals surface area contributed by atoms with Gasteiger partial charge in [0, 0.05) is 50.9 Å². The lowest BCUT2D eigenvalue weighted by Gasteiger charge is -2.13. The highest BCUT2D eigenvalue weighted by atomic mass is 16.5. The number of carboxylic acids is 1. The molecule has 1 aliphatic heterocycles. The highest BCUT2D eigenvalue weighted by Gasteiger charge is 2.23. The van der Waals surface area contributed by atoms with E-state index in [0.717, 1.165) is 31.8 Å². The van der Waals surface area contributed by atoms with Crippen molar-refractivity contribution in [2.75, 3.05) is 20.3 Å². The molecule has 0 aliphatic carbocycles. The van der Waals surface area contributed by atoms with Gasteiger partial charge in [-0.2, -0.15) is 0 Å². The van der Waals surface area contributed by atoms with Gasteiger partial charge in [-0.25, -0.2) is 0 Å². The van der Waals surface area contributed by atoms with Gasteiger partial charge >= 0.3 is 5.97 Å². The maximum absolute atomic E-state index is 11.4. The van der Waals surface area contributed by atoms with Crippen LogP contribution < -0.4 is 0 Å². The monoisotopic (exact) mass is 330 g/mol. The molecule has 0 amide bonds. The molecular weight excluding hydrogens is 304 g/mol. The van der Waals surface area contributed by atoms with Crippen LogP contribution in [0.2, 0.25) is 0 Å². The molecule has 0 fully saturated rings. The number of carboxylic acid groups (broad SMARTS) is 1. The summed E-state index contributed by atoms with van der Waals surface area (Å²) in [6.45, 7) is 5.52. The molecule has 24 heavy (non-hydrogen) atoms. The third kappa shape index (κ3) is 3.19. The Balaban J connectivity index is 1.91. The molecule has 1 aromatic heterocycles. The molecule has 2 heterocycles. The van der Waals surface area contributed by atoms with E-state index in [-0.39, 0.29) is 5.92 Å². The van der Waals surface area contributed by atoms with Crippen LogP contribution in [0.25, 0.3) is 10.9 Å². The molecular formula is C19H26N2O3. The minimum Gasteiger partial charge on any atom is -0.481 e. The third-order valence-electron chi connectivity index (χ3n) is 5.10. The lowest BCUT2D eigenvalue weighted by atomic mass is 9.95. The first-order valence-corrected chi connectivity index (χ1v) is 8.57. The first kappa shape index (κ1) is 17.0. The molecule has 2 aromatic rings. The Morgan fingerprint density at radius 2 is 2.04 bits per heavy atom. The average Bonchev–Trinajstić information content (AvgIpc) is 3.09. The molecule has 0 radical (unpaired) electrons. The van der Waals surface area contributed by atoms with E-state index >= 15 is 0 Å². The standard InChI is InChI=1S/C19H26N2O3/c1-4-13(19(22)23)7-16-10-20(2)18-9-15-12-21(5-6-24-3)11-14(15)8-17(16)18/h8-10,13H,4-7,11-12H2,1-3H3,(H,22,23). The Morgan fingerprint density at radius 1 is 1.33 bits per heavy atom. The summed E-state index contributed by atoms with van der Waals surface area (Å²) < 4.78 is 7.30. The molecule has 1 atom stereocenters. The van der Waals surface area contributed by atoms with Crippen LogP contribution in [0.3, 0.4) is 0 Å². The van der Waals surface area contributed by atoms with Crippen LogP contribution in [0.4, 0.5) is 0 Å². The minimum absolute atomic E-state index is 0.318. The quantitative estimate of drug-likeness (QED) is 0.848. The topological polar surface area (TPSA) is 54.7 Å². The molecule has 3 rings (SSSR count). The highest BCUT2D eigenvalue weighted by Crippen LogP contribution is 2.31. The van der Waals surface area contributed by atoms with Gasteiger partial charge in [-0.1, -0.05) is 6.92 Å². The number of hydrogen-bond acceptors (Lipinski definition) is 3. The summed E-state index contributed by atoms with van der Waals surface area (Å²) in [6, 6.07) is 4.53. The summed E-state index contributed by atoms with van der Waals surface area (Å²) >= 11 is 0. The number of rotatable bonds is 7. The van der Waals surface area contributed by atoms with Gasteiger partial charge in [0.15, 0.2) is 0 Å². The number of ether oxygens (including phenoxy) is 1. The predicted molar refractivity (Wildman–Crippen MR) is 94.0 cm³/mol. The van der Waals surface area contributed by atoms with E-state index in [2.05, 4.69) is 27.8 Å². The average molecular weight is 330 g/mol. The molecule has 5 nitrogen and oxygen atoms in total. The second-order valence-electron chi connectivity index (χ2n) is 6.75. The van der Waals surface area contributed by atoms with Crippen LogP contribution >= 0.6 is 0 Å². The molecule has 130 valence electrons. The lowest BCUT2D eigenvalue weighted by Crippen LogP contribution is -2.21. The van der Waals surface area contributed by atoms with Gasteiger partial charge in [-0.15, -0.1) is 0 Å². The van der Waals surface area contributed by atoms with Crippen LogP contribution in [-0.4, -0.2) is 40.8 Å². The van der Waals surface area contributed by atoms with Crippen molar-refractivity contribution < 1.29 is 14.6 Å². The summed E-state index contributed by atoms with van der Waals surface area (Å²) in [5.41, 5.74) is 5.06. The lowest BCUT2D eigenvalue weighted by molar-refractivity contribution is -0.141. The summed E-state index contributed by atoms with van der Waals surface area (Å²) in [5.74, 6) is -1.02. The maximum Gasteiger partial charge on any atom is 0.306 e. The molecule has 0 saturated carbocycles. The van der Waals surface area contributed by atoms with Crippen LogP contribution in [0, 0.1) is 5.92 Å². The number of carbonyl (C=O) groups is 1. The van der Waals surface area contributed by atoms with Crippen molar-refractivity contribution >= 4 is 16.9 Å². The number of methoxy groups -OCH3 is 1. The fraction of sp³-hybridized carbons (Fsp3) is 0.526.